The van der Waals surface area contributed by atoms with E-state index in [9.17, 15) is 9.59 Å². The van der Waals surface area contributed by atoms with E-state index in [4.69, 9.17) is 14.2 Å². The lowest BCUT2D eigenvalue weighted by Crippen LogP contribution is -2.30. The van der Waals surface area contributed by atoms with Crippen molar-refractivity contribution in [1.82, 2.24) is 0 Å². The average molecular weight is 785 g/mol. The summed E-state index contributed by atoms with van der Waals surface area (Å²) in [5.41, 5.74) is 0. The fourth-order valence-electron chi connectivity index (χ4n) is 6.80. The lowest BCUT2D eigenvalue weighted by molar-refractivity contribution is -0.163. The standard InChI is InChI=1S/C51H92O5/c1-4-7-10-13-16-18-20-22-24-26-27-29-31-33-36-38-41-44-50(52)55-48-49(56-51(53)45-42-39-35-15-12-9-6-3)47-54-46-43-40-37-34-32-30-28-25-23-21-19-17-14-11-8-5-2/h8,11,17,19,23,25,30,32,49H,4-7,9-10,12-16,18,20-22,24,26-29,31,33-48H2,1-3H3/b11-8-,19-17-,25-23-,32-30-. The molecule has 0 amide bonds. The maximum Gasteiger partial charge on any atom is 0.306 e. The van der Waals surface area contributed by atoms with Crippen molar-refractivity contribution < 1.29 is 23.8 Å². The van der Waals surface area contributed by atoms with E-state index in [1.54, 1.807) is 0 Å². The highest BCUT2D eigenvalue weighted by Gasteiger charge is 2.17. The van der Waals surface area contributed by atoms with Gasteiger partial charge in [0.2, 0.25) is 0 Å². The molecule has 5 heteroatoms. The van der Waals surface area contributed by atoms with Gasteiger partial charge in [-0.05, 0) is 57.8 Å². The number of allylic oxidation sites excluding steroid dienone is 8. The van der Waals surface area contributed by atoms with Gasteiger partial charge in [-0.25, -0.2) is 0 Å². The minimum Gasteiger partial charge on any atom is -0.462 e. The third-order valence-electron chi connectivity index (χ3n) is 10.4. The lowest BCUT2D eigenvalue weighted by atomic mass is 10.0. The normalized spacial score (nSPS) is 12.6. The zero-order chi connectivity index (χ0) is 40.7. The SMILES string of the molecule is CC/C=C\C/C=C\C/C=C\C/C=C\CCCCCOCC(COC(=O)CCCCCCCCCCCCCCCCCCC)OC(=O)CCCCCCCCC. The number of rotatable bonds is 44. The topological polar surface area (TPSA) is 61.8 Å². The predicted octanol–water partition coefficient (Wildman–Crippen LogP) is 16.0. The van der Waals surface area contributed by atoms with Crippen LogP contribution in [0.2, 0.25) is 0 Å². The summed E-state index contributed by atoms with van der Waals surface area (Å²) in [5.74, 6) is -0.413. The van der Waals surface area contributed by atoms with Crippen LogP contribution in [0.1, 0.15) is 239 Å². The number of ether oxygens (including phenoxy) is 3. The van der Waals surface area contributed by atoms with Crippen LogP contribution in [0, 0.1) is 0 Å². The largest absolute Gasteiger partial charge is 0.462 e. The van der Waals surface area contributed by atoms with Crippen LogP contribution in [0.3, 0.4) is 0 Å². The molecule has 0 N–H and O–H groups in total. The van der Waals surface area contributed by atoms with Gasteiger partial charge in [0.1, 0.15) is 6.61 Å². The Hall–Kier alpha value is -2.14. The van der Waals surface area contributed by atoms with Gasteiger partial charge in [-0.3, -0.25) is 9.59 Å². The second kappa shape index (κ2) is 47.2. The molecule has 1 unspecified atom stereocenters. The number of esters is 2. The van der Waals surface area contributed by atoms with Gasteiger partial charge in [-0.1, -0.05) is 217 Å². The molecule has 5 nitrogen and oxygen atoms in total. The van der Waals surface area contributed by atoms with E-state index in [1.165, 1.54) is 128 Å². The molecule has 0 spiro atoms. The van der Waals surface area contributed by atoms with Crippen molar-refractivity contribution in [3.05, 3.63) is 48.6 Å². The predicted molar refractivity (Wildman–Crippen MR) is 242 cm³/mol. The third kappa shape index (κ3) is 44.6. The molecule has 1 atom stereocenters. The smallest absolute Gasteiger partial charge is 0.306 e. The quantitative estimate of drug-likeness (QED) is 0.0350. The van der Waals surface area contributed by atoms with Gasteiger partial charge in [-0.2, -0.15) is 0 Å². The molecular formula is C51H92O5. The molecule has 0 fully saturated rings. The first-order valence-corrected chi connectivity index (χ1v) is 24.2. The van der Waals surface area contributed by atoms with Gasteiger partial charge in [0.15, 0.2) is 6.10 Å². The summed E-state index contributed by atoms with van der Waals surface area (Å²) in [6.07, 6.45) is 57.0. The Morgan fingerprint density at radius 1 is 0.411 bits per heavy atom. The van der Waals surface area contributed by atoms with Crippen molar-refractivity contribution in [1.29, 1.82) is 0 Å². The molecule has 326 valence electrons. The zero-order valence-electron chi connectivity index (χ0n) is 37.4. The van der Waals surface area contributed by atoms with Gasteiger partial charge in [0.05, 0.1) is 6.61 Å². The molecule has 0 saturated carbocycles. The fraction of sp³-hybridized carbons (Fsp3) is 0.804. The highest BCUT2D eigenvalue weighted by molar-refractivity contribution is 5.70. The van der Waals surface area contributed by atoms with Gasteiger partial charge in [-0.15, -0.1) is 0 Å². The van der Waals surface area contributed by atoms with Crippen LogP contribution in [0.25, 0.3) is 0 Å². The van der Waals surface area contributed by atoms with Gasteiger partial charge >= 0.3 is 11.9 Å². The summed E-state index contributed by atoms with van der Waals surface area (Å²) in [7, 11) is 0. The molecule has 56 heavy (non-hydrogen) atoms. The first-order valence-electron chi connectivity index (χ1n) is 24.2. The number of unbranched alkanes of at least 4 members (excludes halogenated alkanes) is 25. The highest BCUT2D eigenvalue weighted by Crippen LogP contribution is 2.15. The molecule has 0 saturated heterocycles. The first kappa shape index (κ1) is 53.9. The van der Waals surface area contributed by atoms with Crippen molar-refractivity contribution in [2.45, 2.75) is 245 Å². The summed E-state index contributed by atoms with van der Waals surface area (Å²) >= 11 is 0. The lowest BCUT2D eigenvalue weighted by Gasteiger charge is -2.18. The van der Waals surface area contributed by atoms with Crippen LogP contribution in [0.5, 0.6) is 0 Å². The fourth-order valence-corrected chi connectivity index (χ4v) is 6.80. The molecule has 0 bridgehead atoms. The van der Waals surface area contributed by atoms with Crippen molar-refractivity contribution in [2.24, 2.45) is 0 Å². The van der Waals surface area contributed by atoms with E-state index >= 15 is 0 Å². The second-order valence-corrected chi connectivity index (χ2v) is 16.0. The number of carbonyl (C=O) groups is 2. The Balaban J connectivity index is 4.15. The molecule has 0 aromatic rings. The van der Waals surface area contributed by atoms with E-state index < -0.39 is 6.10 Å². The van der Waals surface area contributed by atoms with Crippen LogP contribution in [-0.2, 0) is 23.8 Å². The van der Waals surface area contributed by atoms with Crippen molar-refractivity contribution >= 4 is 11.9 Å². The molecular weight excluding hydrogens is 693 g/mol. The van der Waals surface area contributed by atoms with Crippen molar-refractivity contribution in [3.8, 4) is 0 Å². The number of hydrogen-bond acceptors (Lipinski definition) is 5. The molecule has 0 rings (SSSR count). The van der Waals surface area contributed by atoms with Crippen LogP contribution in [0.15, 0.2) is 48.6 Å². The second-order valence-electron chi connectivity index (χ2n) is 16.0. The molecule has 0 aromatic heterocycles. The Labute approximate surface area is 348 Å². The monoisotopic (exact) mass is 785 g/mol. The Morgan fingerprint density at radius 3 is 1.27 bits per heavy atom. The summed E-state index contributed by atoms with van der Waals surface area (Å²) < 4.78 is 17.3. The minimum absolute atomic E-state index is 0.0758. The Kier molecular flexibility index (Phi) is 45.4. The van der Waals surface area contributed by atoms with Crippen LogP contribution < -0.4 is 0 Å². The maximum atomic E-state index is 12.6. The molecule has 0 heterocycles. The molecule has 0 aliphatic carbocycles. The van der Waals surface area contributed by atoms with Gasteiger partial charge in [0, 0.05) is 19.4 Å². The highest BCUT2D eigenvalue weighted by atomic mass is 16.6. The summed E-state index contributed by atoms with van der Waals surface area (Å²) in [5, 5.41) is 0. The Morgan fingerprint density at radius 2 is 0.804 bits per heavy atom. The zero-order valence-corrected chi connectivity index (χ0v) is 37.4. The maximum absolute atomic E-state index is 12.6. The van der Waals surface area contributed by atoms with Gasteiger partial charge < -0.3 is 14.2 Å². The van der Waals surface area contributed by atoms with Crippen LogP contribution >= 0.6 is 0 Å². The van der Waals surface area contributed by atoms with Crippen molar-refractivity contribution in [3.63, 3.8) is 0 Å². The molecule has 0 aromatic carbocycles. The molecule has 0 radical (unpaired) electrons. The summed E-state index contributed by atoms with van der Waals surface area (Å²) in [6.45, 7) is 7.63. The van der Waals surface area contributed by atoms with E-state index in [2.05, 4.69) is 69.4 Å². The van der Waals surface area contributed by atoms with E-state index in [-0.39, 0.29) is 25.2 Å². The Bertz CT molecular complexity index is 935. The van der Waals surface area contributed by atoms with Crippen LogP contribution in [0.4, 0.5) is 0 Å². The summed E-state index contributed by atoms with van der Waals surface area (Å²) in [4.78, 5) is 25.2. The van der Waals surface area contributed by atoms with Crippen LogP contribution in [-0.4, -0.2) is 37.9 Å². The van der Waals surface area contributed by atoms with Gasteiger partial charge in [0.25, 0.3) is 0 Å². The number of hydrogen-bond donors (Lipinski definition) is 0. The third-order valence-corrected chi connectivity index (χ3v) is 10.4. The van der Waals surface area contributed by atoms with E-state index in [1.807, 2.05) is 0 Å². The summed E-state index contributed by atoms with van der Waals surface area (Å²) in [6, 6.07) is 0. The molecule has 0 aliphatic rings. The van der Waals surface area contributed by atoms with E-state index in [0.717, 1.165) is 77.0 Å². The first-order chi connectivity index (χ1) is 27.6. The van der Waals surface area contributed by atoms with Crippen molar-refractivity contribution in [2.75, 3.05) is 19.8 Å². The molecule has 0 aliphatic heterocycles. The average Bonchev–Trinajstić information content (AvgIpc) is 3.20. The minimum atomic E-state index is -0.545. The number of carbonyl (C=O) groups excluding carboxylic acids is 2. The van der Waals surface area contributed by atoms with E-state index in [0.29, 0.717) is 19.4 Å².